The van der Waals surface area contributed by atoms with Gasteiger partial charge < -0.3 is 5.73 Å². The molecule has 0 unspecified atom stereocenters. The van der Waals surface area contributed by atoms with E-state index in [1.54, 1.807) is 11.8 Å². The maximum Gasteiger partial charge on any atom is 0.192 e. The zero-order valence-corrected chi connectivity index (χ0v) is 12.6. The van der Waals surface area contributed by atoms with Crippen LogP contribution in [0.5, 0.6) is 0 Å². The summed E-state index contributed by atoms with van der Waals surface area (Å²) in [5.41, 5.74) is 11.4. The van der Waals surface area contributed by atoms with Crippen molar-refractivity contribution in [2.45, 2.75) is 44.3 Å². The topological polar surface area (TPSA) is 51.8 Å². The fraction of sp³-hybridized carbons (Fsp3) is 0.333. The Morgan fingerprint density at radius 3 is 2.26 bits per heavy atom. The first-order chi connectivity index (χ1) is 9.01. The van der Waals surface area contributed by atoms with Crippen LogP contribution in [0.2, 0.25) is 0 Å². The summed E-state index contributed by atoms with van der Waals surface area (Å²) in [6, 6.07) is 6.30. The van der Waals surface area contributed by atoms with Gasteiger partial charge in [0.15, 0.2) is 5.16 Å². The van der Waals surface area contributed by atoms with Crippen molar-refractivity contribution in [2.24, 2.45) is 5.73 Å². The summed E-state index contributed by atoms with van der Waals surface area (Å²) in [6.07, 6.45) is 0. The van der Waals surface area contributed by atoms with Crippen molar-refractivity contribution in [3.63, 3.8) is 0 Å². The van der Waals surface area contributed by atoms with Gasteiger partial charge in [-0.15, -0.1) is 0 Å². The minimum Gasteiger partial charge on any atom is -0.326 e. The van der Waals surface area contributed by atoms with Gasteiger partial charge in [0.1, 0.15) is 0 Å². The van der Waals surface area contributed by atoms with Crippen LogP contribution < -0.4 is 5.73 Å². The molecule has 2 aromatic rings. The highest BCUT2D eigenvalue weighted by Gasteiger charge is 2.09. The SMILES string of the molecule is Cc1ccc(CN)c(Sc2nc(C)c(C)c(C)n2)c1. The van der Waals surface area contributed by atoms with E-state index >= 15 is 0 Å². The minimum atomic E-state index is 0.534. The maximum atomic E-state index is 5.78. The molecule has 19 heavy (non-hydrogen) atoms. The van der Waals surface area contributed by atoms with E-state index in [1.807, 2.05) is 13.8 Å². The van der Waals surface area contributed by atoms with Crippen LogP contribution in [-0.2, 0) is 6.54 Å². The van der Waals surface area contributed by atoms with Crippen LogP contribution in [0.3, 0.4) is 0 Å². The van der Waals surface area contributed by atoms with E-state index in [0.717, 1.165) is 32.6 Å². The van der Waals surface area contributed by atoms with Crippen molar-refractivity contribution in [1.29, 1.82) is 0 Å². The molecule has 0 atom stereocenters. The monoisotopic (exact) mass is 273 g/mol. The summed E-state index contributed by atoms with van der Waals surface area (Å²) < 4.78 is 0. The van der Waals surface area contributed by atoms with Gasteiger partial charge in [-0.2, -0.15) is 0 Å². The molecule has 0 spiro atoms. The van der Waals surface area contributed by atoms with Gasteiger partial charge in [0, 0.05) is 22.8 Å². The largest absolute Gasteiger partial charge is 0.326 e. The Kier molecular flexibility index (Phi) is 4.22. The molecule has 3 nitrogen and oxygen atoms in total. The third-order valence-electron chi connectivity index (χ3n) is 3.26. The molecule has 1 heterocycles. The summed E-state index contributed by atoms with van der Waals surface area (Å²) in [7, 11) is 0. The molecule has 0 aliphatic rings. The van der Waals surface area contributed by atoms with E-state index in [4.69, 9.17) is 5.73 Å². The van der Waals surface area contributed by atoms with Crippen LogP contribution >= 0.6 is 11.8 Å². The molecule has 0 aliphatic heterocycles. The van der Waals surface area contributed by atoms with Crippen LogP contribution in [0.25, 0.3) is 0 Å². The Bertz CT molecular complexity index is 585. The number of hydrogen-bond acceptors (Lipinski definition) is 4. The van der Waals surface area contributed by atoms with Crippen molar-refractivity contribution in [3.8, 4) is 0 Å². The summed E-state index contributed by atoms with van der Waals surface area (Å²) in [5.74, 6) is 0. The molecule has 0 saturated carbocycles. The predicted molar refractivity (Wildman–Crippen MR) is 79.4 cm³/mol. The Hall–Kier alpha value is -1.39. The van der Waals surface area contributed by atoms with E-state index in [-0.39, 0.29) is 0 Å². The highest BCUT2D eigenvalue weighted by atomic mass is 32.2. The third-order valence-corrected chi connectivity index (χ3v) is 4.22. The molecule has 1 aromatic heterocycles. The number of rotatable bonds is 3. The zero-order chi connectivity index (χ0) is 14.0. The lowest BCUT2D eigenvalue weighted by Crippen LogP contribution is -2.01. The Morgan fingerprint density at radius 2 is 1.68 bits per heavy atom. The normalized spacial score (nSPS) is 10.8. The fourth-order valence-corrected chi connectivity index (χ4v) is 2.90. The summed E-state index contributed by atoms with van der Waals surface area (Å²) >= 11 is 1.59. The van der Waals surface area contributed by atoms with Crippen molar-refractivity contribution in [3.05, 3.63) is 46.3 Å². The third kappa shape index (κ3) is 3.14. The second kappa shape index (κ2) is 5.72. The first kappa shape index (κ1) is 14.0. The molecule has 0 fully saturated rings. The molecule has 0 saturated heterocycles. The van der Waals surface area contributed by atoms with Gasteiger partial charge >= 0.3 is 0 Å². The average Bonchev–Trinajstić information content (AvgIpc) is 2.36. The van der Waals surface area contributed by atoms with E-state index in [1.165, 1.54) is 5.56 Å². The molecule has 0 radical (unpaired) electrons. The van der Waals surface area contributed by atoms with Crippen LogP contribution in [0.4, 0.5) is 0 Å². The highest BCUT2D eigenvalue weighted by Crippen LogP contribution is 2.29. The molecule has 0 amide bonds. The van der Waals surface area contributed by atoms with Gasteiger partial charge in [0.05, 0.1) is 0 Å². The van der Waals surface area contributed by atoms with E-state index < -0.39 is 0 Å². The van der Waals surface area contributed by atoms with Gasteiger partial charge in [-0.25, -0.2) is 9.97 Å². The lowest BCUT2D eigenvalue weighted by molar-refractivity contribution is 0.879. The second-order valence-electron chi connectivity index (χ2n) is 4.72. The number of aromatic nitrogens is 2. The van der Waals surface area contributed by atoms with Gasteiger partial charge in [0.25, 0.3) is 0 Å². The minimum absolute atomic E-state index is 0.534. The smallest absolute Gasteiger partial charge is 0.192 e. The van der Waals surface area contributed by atoms with Crippen LogP contribution in [0.15, 0.2) is 28.3 Å². The lowest BCUT2D eigenvalue weighted by atomic mass is 10.1. The molecule has 1 aromatic carbocycles. The van der Waals surface area contributed by atoms with Crippen LogP contribution in [0, 0.1) is 27.7 Å². The van der Waals surface area contributed by atoms with Gasteiger partial charge in [0.2, 0.25) is 0 Å². The van der Waals surface area contributed by atoms with Gasteiger partial charge in [-0.1, -0.05) is 12.1 Å². The van der Waals surface area contributed by atoms with Crippen molar-refractivity contribution < 1.29 is 0 Å². The number of hydrogen-bond donors (Lipinski definition) is 1. The van der Waals surface area contributed by atoms with Crippen molar-refractivity contribution in [2.75, 3.05) is 0 Å². The Balaban J connectivity index is 2.38. The maximum absolute atomic E-state index is 5.78. The van der Waals surface area contributed by atoms with Crippen molar-refractivity contribution >= 4 is 11.8 Å². The van der Waals surface area contributed by atoms with E-state index in [2.05, 4.69) is 42.0 Å². The molecular weight excluding hydrogens is 254 g/mol. The first-order valence-corrected chi connectivity index (χ1v) is 7.12. The van der Waals surface area contributed by atoms with E-state index in [9.17, 15) is 0 Å². The number of nitrogens with two attached hydrogens (primary N) is 1. The summed E-state index contributed by atoms with van der Waals surface area (Å²) in [4.78, 5) is 10.2. The Labute approximate surface area is 118 Å². The molecule has 2 rings (SSSR count). The molecule has 0 aliphatic carbocycles. The standard InChI is InChI=1S/C15H19N3S/c1-9-5-6-13(8-16)14(7-9)19-15-17-11(3)10(2)12(4)18-15/h5-7H,8,16H2,1-4H3. The summed E-state index contributed by atoms with van der Waals surface area (Å²) in [6.45, 7) is 8.71. The predicted octanol–water partition coefficient (Wildman–Crippen LogP) is 3.32. The Morgan fingerprint density at radius 1 is 1.05 bits per heavy atom. The fourth-order valence-electron chi connectivity index (χ4n) is 1.81. The molecular formula is C15H19N3S. The number of benzene rings is 1. The van der Waals surface area contributed by atoms with Crippen molar-refractivity contribution in [1.82, 2.24) is 9.97 Å². The van der Waals surface area contributed by atoms with Crippen LogP contribution in [-0.4, -0.2) is 9.97 Å². The first-order valence-electron chi connectivity index (χ1n) is 6.30. The second-order valence-corrected chi connectivity index (χ2v) is 5.73. The molecule has 2 N–H and O–H groups in total. The highest BCUT2D eigenvalue weighted by molar-refractivity contribution is 7.99. The lowest BCUT2D eigenvalue weighted by Gasteiger charge is -2.10. The van der Waals surface area contributed by atoms with Gasteiger partial charge in [-0.05, 0) is 62.2 Å². The zero-order valence-electron chi connectivity index (χ0n) is 11.8. The molecule has 4 heteroatoms. The molecule has 0 bridgehead atoms. The van der Waals surface area contributed by atoms with Crippen LogP contribution in [0.1, 0.15) is 28.1 Å². The molecule has 100 valence electrons. The number of aryl methyl sites for hydroxylation is 3. The number of nitrogens with zero attached hydrogens (tertiary/aromatic N) is 2. The van der Waals surface area contributed by atoms with E-state index in [0.29, 0.717) is 6.54 Å². The van der Waals surface area contributed by atoms with Gasteiger partial charge in [-0.3, -0.25) is 0 Å². The summed E-state index contributed by atoms with van der Waals surface area (Å²) in [5, 5.41) is 0.793. The average molecular weight is 273 g/mol. The quantitative estimate of drug-likeness (QED) is 0.872.